The Kier molecular flexibility index (Phi) is 2.71. The Morgan fingerprint density at radius 3 is 2.79 bits per heavy atom. The van der Waals surface area contributed by atoms with Gasteiger partial charge < -0.3 is 10.6 Å². The van der Waals surface area contributed by atoms with Crippen molar-refractivity contribution >= 4 is 11.6 Å². The molecule has 19 heavy (non-hydrogen) atoms. The van der Waals surface area contributed by atoms with Crippen LogP contribution in [0.2, 0.25) is 0 Å². The molecule has 0 fully saturated rings. The highest BCUT2D eigenvalue weighted by atomic mass is 16.2. The lowest BCUT2D eigenvalue weighted by Crippen LogP contribution is -2.25. The highest BCUT2D eigenvalue weighted by Gasteiger charge is 2.24. The van der Waals surface area contributed by atoms with Crippen molar-refractivity contribution in [2.45, 2.75) is 20.0 Å². The first-order valence-electron chi connectivity index (χ1n) is 6.22. The van der Waals surface area contributed by atoms with Gasteiger partial charge in [0.15, 0.2) is 0 Å². The molecule has 3 rings (SSSR count). The second-order valence-electron chi connectivity index (χ2n) is 4.94. The van der Waals surface area contributed by atoms with E-state index in [1.54, 1.807) is 12.4 Å². The molecule has 0 atom stereocenters. The van der Waals surface area contributed by atoms with Crippen molar-refractivity contribution in [2.75, 3.05) is 5.73 Å². The SMILES string of the molecule is Cc1cncc(C(=O)N2Cc3ccc(N)cc3C2)c1. The van der Waals surface area contributed by atoms with E-state index in [2.05, 4.69) is 4.98 Å². The molecule has 2 N–H and O–H groups in total. The monoisotopic (exact) mass is 253 g/mol. The molecule has 1 aromatic heterocycles. The van der Waals surface area contributed by atoms with Gasteiger partial charge in [0.25, 0.3) is 5.91 Å². The van der Waals surface area contributed by atoms with Crippen LogP contribution in [0, 0.1) is 6.92 Å². The molecule has 1 aliphatic rings. The summed E-state index contributed by atoms with van der Waals surface area (Å²) < 4.78 is 0. The van der Waals surface area contributed by atoms with Gasteiger partial charge in [0.05, 0.1) is 5.56 Å². The van der Waals surface area contributed by atoms with Gasteiger partial charge >= 0.3 is 0 Å². The van der Waals surface area contributed by atoms with Gasteiger partial charge in [0.1, 0.15) is 0 Å². The van der Waals surface area contributed by atoms with Crippen molar-refractivity contribution < 1.29 is 4.79 Å². The van der Waals surface area contributed by atoms with Crippen molar-refractivity contribution in [2.24, 2.45) is 0 Å². The fraction of sp³-hybridized carbons (Fsp3) is 0.200. The van der Waals surface area contributed by atoms with E-state index in [-0.39, 0.29) is 5.91 Å². The normalized spacial score (nSPS) is 13.4. The third-order valence-corrected chi connectivity index (χ3v) is 3.36. The minimum atomic E-state index is 0.0194. The number of amides is 1. The van der Waals surface area contributed by atoms with Crippen molar-refractivity contribution in [1.29, 1.82) is 0 Å². The van der Waals surface area contributed by atoms with E-state index in [1.165, 1.54) is 5.56 Å². The van der Waals surface area contributed by atoms with E-state index in [0.717, 1.165) is 16.8 Å². The minimum Gasteiger partial charge on any atom is -0.399 e. The summed E-state index contributed by atoms with van der Waals surface area (Å²) in [5.41, 5.74) is 10.4. The molecule has 0 spiro atoms. The van der Waals surface area contributed by atoms with Crippen molar-refractivity contribution in [3.8, 4) is 0 Å². The molecule has 1 amide bonds. The van der Waals surface area contributed by atoms with Crippen LogP contribution in [-0.2, 0) is 13.1 Å². The molecule has 0 saturated carbocycles. The van der Waals surface area contributed by atoms with Gasteiger partial charge in [0.2, 0.25) is 0 Å². The second kappa shape index (κ2) is 4.39. The number of carbonyl (C=O) groups is 1. The molecule has 2 heterocycles. The van der Waals surface area contributed by atoms with Gasteiger partial charge in [-0.15, -0.1) is 0 Å². The second-order valence-corrected chi connectivity index (χ2v) is 4.94. The zero-order valence-electron chi connectivity index (χ0n) is 10.8. The minimum absolute atomic E-state index is 0.0194. The van der Waals surface area contributed by atoms with Crippen molar-refractivity contribution in [3.05, 3.63) is 58.9 Å². The highest BCUT2D eigenvalue weighted by Crippen LogP contribution is 2.26. The Morgan fingerprint density at radius 1 is 1.21 bits per heavy atom. The van der Waals surface area contributed by atoms with E-state index in [1.807, 2.05) is 36.1 Å². The Bertz CT molecular complexity index is 652. The maximum absolute atomic E-state index is 12.4. The van der Waals surface area contributed by atoms with Crippen LogP contribution in [0.1, 0.15) is 27.0 Å². The smallest absolute Gasteiger partial charge is 0.256 e. The van der Waals surface area contributed by atoms with Gasteiger partial charge in [-0.05, 0) is 41.8 Å². The van der Waals surface area contributed by atoms with E-state index in [0.29, 0.717) is 18.7 Å². The summed E-state index contributed by atoms with van der Waals surface area (Å²) in [6, 6.07) is 7.68. The zero-order valence-corrected chi connectivity index (χ0v) is 10.8. The number of rotatable bonds is 1. The van der Waals surface area contributed by atoms with Gasteiger partial charge in [-0.2, -0.15) is 0 Å². The molecule has 0 saturated heterocycles. The van der Waals surface area contributed by atoms with E-state index < -0.39 is 0 Å². The number of carbonyl (C=O) groups excluding carboxylic acids is 1. The molecule has 1 aliphatic heterocycles. The Balaban J connectivity index is 1.85. The predicted molar refractivity (Wildman–Crippen MR) is 73.4 cm³/mol. The molecule has 4 nitrogen and oxygen atoms in total. The molecule has 96 valence electrons. The molecule has 0 bridgehead atoms. The van der Waals surface area contributed by atoms with Crippen LogP contribution in [0.25, 0.3) is 0 Å². The number of aromatic nitrogens is 1. The van der Waals surface area contributed by atoms with Gasteiger partial charge in [-0.1, -0.05) is 6.07 Å². The molecule has 0 radical (unpaired) electrons. The summed E-state index contributed by atoms with van der Waals surface area (Å²) in [5, 5.41) is 0. The third kappa shape index (κ3) is 2.17. The first-order valence-corrected chi connectivity index (χ1v) is 6.22. The molecular formula is C15H15N3O. The lowest BCUT2D eigenvalue weighted by Gasteiger charge is -2.15. The average Bonchev–Trinajstić information content (AvgIpc) is 2.80. The van der Waals surface area contributed by atoms with Crippen LogP contribution in [0.15, 0.2) is 36.7 Å². The van der Waals surface area contributed by atoms with Crippen LogP contribution >= 0.6 is 0 Å². The lowest BCUT2D eigenvalue weighted by atomic mass is 10.1. The molecule has 0 aliphatic carbocycles. The molecule has 0 unspecified atom stereocenters. The number of pyridine rings is 1. The van der Waals surface area contributed by atoms with E-state index in [9.17, 15) is 4.79 Å². The fourth-order valence-electron chi connectivity index (χ4n) is 2.41. The molecule has 4 heteroatoms. The number of anilines is 1. The Hall–Kier alpha value is -2.36. The number of nitrogen functional groups attached to an aromatic ring is 1. The molecular weight excluding hydrogens is 238 g/mol. The fourth-order valence-corrected chi connectivity index (χ4v) is 2.41. The van der Waals surface area contributed by atoms with Gasteiger partial charge in [-0.3, -0.25) is 9.78 Å². The van der Waals surface area contributed by atoms with E-state index >= 15 is 0 Å². The number of nitrogens with zero attached hydrogens (tertiary/aromatic N) is 2. The first kappa shape index (κ1) is 11.7. The van der Waals surface area contributed by atoms with Crippen LogP contribution in [0.5, 0.6) is 0 Å². The van der Waals surface area contributed by atoms with E-state index in [4.69, 9.17) is 5.73 Å². The number of fused-ring (bicyclic) bond motifs is 1. The lowest BCUT2D eigenvalue weighted by molar-refractivity contribution is 0.0751. The average molecular weight is 253 g/mol. The molecule has 1 aromatic carbocycles. The summed E-state index contributed by atoms with van der Waals surface area (Å²) in [6.07, 6.45) is 3.36. The van der Waals surface area contributed by atoms with Crippen molar-refractivity contribution in [3.63, 3.8) is 0 Å². The summed E-state index contributed by atoms with van der Waals surface area (Å²) in [7, 11) is 0. The summed E-state index contributed by atoms with van der Waals surface area (Å²) >= 11 is 0. The summed E-state index contributed by atoms with van der Waals surface area (Å²) in [6.45, 7) is 3.19. The predicted octanol–water partition coefficient (Wildman–Crippen LogP) is 2.13. The van der Waals surface area contributed by atoms with Crippen molar-refractivity contribution in [1.82, 2.24) is 9.88 Å². The first-order chi connectivity index (χ1) is 9.13. The number of hydrogen-bond acceptors (Lipinski definition) is 3. The molecule has 2 aromatic rings. The largest absolute Gasteiger partial charge is 0.399 e. The zero-order chi connectivity index (χ0) is 13.4. The van der Waals surface area contributed by atoms with Crippen LogP contribution < -0.4 is 5.73 Å². The van der Waals surface area contributed by atoms with Gasteiger partial charge in [0, 0.05) is 31.2 Å². The summed E-state index contributed by atoms with van der Waals surface area (Å²) in [5.74, 6) is 0.0194. The van der Waals surface area contributed by atoms with Gasteiger partial charge in [-0.25, -0.2) is 0 Å². The van der Waals surface area contributed by atoms with Crippen LogP contribution in [0.4, 0.5) is 5.69 Å². The maximum Gasteiger partial charge on any atom is 0.256 e. The topological polar surface area (TPSA) is 59.2 Å². The summed E-state index contributed by atoms with van der Waals surface area (Å²) in [4.78, 5) is 18.3. The third-order valence-electron chi connectivity index (χ3n) is 3.36. The number of hydrogen-bond donors (Lipinski definition) is 1. The van der Waals surface area contributed by atoms with Crippen LogP contribution in [0.3, 0.4) is 0 Å². The standard InChI is InChI=1S/C15H15N3O/c1-10-4-12(7-17-6-10)15(19)18-8-11-2-3-14(16)5-13(11)9-18/h2-7H,8-9,16H2,1H3. The maximum atomic E-state index is 12.4. The number of aryl methyl sites for hydroxylation is 1. The van der Waals surface area contributed by atoms with Crippen LogP contribution in [-0.4, -0.2) is 15.8 Å². The Morgan fingerprint density at radius 2 is 2.00 bits per heavy atom. The quantitative estimate of drug-likeness (QED) is 0.792. The number of nitrogens with two attached hydrogens (primary N) is 1. The number of benzene rings is 1. The Labute approximate surface area is 111 Å². The highest BCUT2D eigenvalue weighted by molar-refractivity contribution is 5.94.